The van der Waals surface area contributed by atoms with E-state index in [-0.39, 0.29) is 16.7 Å². The van der Waals surface area contributed by atoms with Crippen molar-refractivity contribution in [1.82, 2.24) is 4.90 Å². The van der Waals surface area contributed by atoms with Gasteiger partial charge in [0, 0.05) is 5.69 Å². The molecule has 1 aliphatic rings. The summed E-state index contributed by atoms with van der Waals surface area (Å²) in [5.41, 5.74) is 0.901. The summed E-state index contributed by atoms with van der Waals surface area (Å²) in [6.45, 7) is 5.66. The van der Waals surface area contributed by atoms with Crippen molar-refractivity contribution in [3.8, 4) is 11.5 Å². The number of rotatable bonds is 8. The average Bonchev–Trinajstić information content (AvgIpc) is 2.98. The fourth-order valence-electron chi connectivity index (χ4n) is 2.98. The monoisotopic (exact) mass is 584 g/mol. The van der Waals surface area contributed by atoms with E-state index in [9.17, 15) is 18.8 Å². The van der Waals surface area contributed by atoms with Gasteiger partial charge in [0.1, 0.15) is 12.4 Å². The minimum absolute atomic E-state index is 0.0430. The number of anilines is 1. The first-order valence-corrected chi connectivity index (χ1v) is 12.0. The van der Waals surface area contributed by atoms with Crippen molar-refractivity contribution in [3.05, 3.63) is 56.3 Å². The zero-order valence-electron chi connectivity index (χ0n) is 18.2. The number of hydrogen-bond acceptors (Lipinski definition) is 6. The van der Waals surface area contributed by atoms with E-state index < -0.39 is 29.4 Å². The Morgan fingerprint density at radius 3 is 2.70 bits per heavy atom. The Hall–Kier alpha value is -2.60. The molecule has 10 heteroatoms. The van der Waals surface area contributed by atoms with Crippen molar-refractivity contribution in [2.75, 3.05) is 18.5 Å². The number of carbonyl (C=O) groups excluding carboxylic acids is 3. The summed E-state index contributed by atoms with van der Waals surface area (Å²) in [7, 11) is 0. The third-order valence-electron chi connectivity index (χ3n) is 4.27. The summed E-state index contributed by atoms with van der Waals surface area (Å²) < 4.78 is 25.7. The van der Waals surface area contributed by atoms with E-state index >= 15 is 0 Å². The SMILES string of the molecule is CCOc1cc(/C=C2/SC(=O)N(CC(=O)Nc3cccc(F)c3)C2=O)cc(I)c1OC(C)C. The number of imide groups is 1. The molecule has 0 bridgehead atoms. The summed E-state index contributed by atoms with van der Waals surface area (Å²) in [5.74, 6) is -0.528. The largest absolute Gasteiger partial charge is 0.490 e. The number of hydrogen-bond donors (Lipinski definition) is 1. The number of nitrogens with zero attached hydrogens (tertiary/aromatic N) is 1. The minimum atomic E-state index is -0.604. The molecule has 1 N–H and O–H groups in total. The molecule has 2 aromatic rings. The molecule has 3 amide bonds. The molecular weight excluding hydrogens is 562 g/mol. The number of carbonyl (C=O) groups is 3. The molecule has 1 fully saturated rings. The van der Waals surface area contributed by atoms with Crippen LogP contribution in [0.4, 0.5) is 14.9 Å². The Labute approximate surface area is 208 Å². The average molecular weight is 584 g/mol. The molecule has 1 heterocycles. The van der Waals surface area contributed by atoms with Crippen LogP contribution in [0.15, 0.2) is 41.3 Å². The number of nitrogens with one attached hydrogen (secondary N) is 1. The Kier molecular flexibility index (Phi) is 8.35. The first-order valence-electron chi connectivity index (χ1n) is 10.1. The zero-order valence-corrected chi connectivity index (χ0v) is 21.2. The van der Waals surface area contributed by atoms with E-state index in [1.54, 1.807) is 12.1 Å². The van der Waals surface area contributed by atoms with Crippen molar-refractivity contribution < 1.29 is 28.2 Å². The smallest absolute Gasteiger partial charge is 0.294 e. The maximum Gasteiger partial charge on any atom is 0.294 e. The lowest BCUT2D eigenvalue weighted by Crippen LogP contribution is -2.36. The van der Waals surface area contributed by atoms with Gasteiger partial charge in [-0.1, -0.05) is 6.07 Å². The molecule has 0 atom stereocenters. The van der Waals surface area contributed by atoms with E-state index in [1.165, 1.54) is 18.2 Å². The van der Waals surface area contributed by atoms with Gasteiger partial charge < -0.3 is 14.8 Å². The second-order valence-corrected chi connectivity index (χ2v) is 9.41. The number of benzene rings is 2. The van der Waals surface area contributed by atoms with Crippen LogP contribution < -0.4 is 14.8 Å². The van der Waals surface area contributed by atoms with Crippen LogP contribution in [-0.4, -0.2) is 41.2 Å². The Morgan fingerprint density at radius 2 is 2.03 bits per heavy atom. The summed E-state index contributed by atoms with van der Waals surface area (Å²) in [5, 5.41) is 1.93. The molecule has 2 aromatic carbocycles. The van der Waals surface area contributed by atoms with Gasteiger partial charge in [0.15, 0.2) is 11.5 Å². The van der Waals surface area contributed by atoms with Gasteiger partial charge in [-0.25, -0.2) is 4.39 Å². The maximum atomic E-state index is 13.3. The summed E-state index contributed by atoms with van der Waals surface area (Å²) in [6.07, 6.45) is 1.54. The van der Waals surface area contributed by atoms with Gasteiger partial charge in [0.05, 0.1) is 21.2 Å². The fourth-order valence-corrected chi connectivity index (χ4v) is 4.57. The molecule has 0 spiro atoms. The summed E-state index contributed by atoms with van der Waals surface area (Å²) >= 11 is 2.88. The molecule has 0 aliphatic carbocycles. The quantitative estimate of drug-likeness (QED) is 0.336. The van der Waals surface area contributed by atoms with Crippen molar-refractivity contribution in [2.24, 2.45) is 0 Å². The van der Waals surface area contributed by atoms with E-state index in [4.69, 9.17) is 9.47 Å². The standard InChI is InChI=1S/C23H22FIN2O5S/c1-4-31-18-9-14(8-17(25)21(18)32-13(2)3)10-19-22(29)27(23(30)33-19)12-20(28)26-16-7-5-6-15(24)11-16/h5-11,13H,4,12H2,1-3H3,(H,26,28)/b19-10+. The lowest BCUT2D eigenvalue weighted by molar-refractivity contribution is -0.127. The highest BCUT2D eigenvalue weighted by atomic mass is 127. The van der Waals surface area contributed by atoms with E-state index in [1.807, 2.05) is 26.8 Å². The van der Waals surface area contributed by atoms with Gasteiger partial charge >= 0.3 is 0 Å². The van der Waals surface area contributed by atoms with Gasteiger partial charge in [0.2, 0.25) is 5.91 Å². The molecule has 3 rings (SSSR count). The normalized spacial score (nSPS) is 14.8. The third kappa shape index (κ3) is 6.47. The van der Waals surface area contributed by atoms with E-state index in [0.29, 0.717) is 23.7 Å². The molecule has 0 aromatic heterocycles. The molecular formula is C23H22FIN2O5S. The molecule has 1 aliphatic heterocycles. The lowest BCUT2D eigenvalue weighted by atomic mass is 10.1. The molecule has 174 valence electrons. The summed E-state index contributed by atoms with van der Waals surface area (Å²) in [4.78, 5) is 38.5. The minimum Gasteiger partial charge on any atom is -0.490 e. The Bertz CT molecular complexity index is 1120. The van der Waals surface area contributed by atoms with Crippen LogP contribution in [0.25, 0.3) is 6.08 Å². The van der Waals surface area contributed by atoms with E-state index in [0.717, 1.165) is 26.3 Å². The predicted molar refractivity (Wildman–Crippen MR) is 134 cm³/mol. The van der Waals surface area contributed by atoms with Crippen LogP contribution in [0.3, 0.4) is 0 Å². The van der Waals surface area contributed by atoms with Crippen LogP contribution >= 0.6 is 34.4 Å². The van der Waals surface area contributed by atoms with Crippen LogP contribution in [0.2, 0.25) is 0 Å². The number of amides is 3. The van der Waals surface area contributed by atoms with Crippen molar-refractivity contribution in [2.45, 2.75) is 26.9 Å². The first kappa shape index (κ1) is 25.0. The van der Waals surface area contributed by atoms with Gasteiger partial charge in [-0.3, -0.25) is 19.3 Å². The molecule has 0 radical (unpaired) electrons. The zero-order chi connectivity index (χ0) is 24.1. The Balaban J connectivity index is 1.78. The number of thioether (sulfide) groups is 1. The predicted octanol–water partition coefficient (Wildman–Crippen LogP) is 5.29. The van der Waals surface area contributed by atoms with Gasteiger partial charge in [-0.2, -0.15) is 0 Å². The van der Waals surface area contributed by atoms with Crippen LogP contribution in [0, 0.1) is 9.39 Å². The van der Waals surface area contributed by atoms with Crippen LogP contribution in [-0.2, 0) is 9.59 Å². The molecule has 7 nitrogen and oxygen atoms in total. The summed E-state index contributed by atoms with van der Waals surface area (Å²) in [6, 6.07) is 8.92. The number of halogens is 2. The van der Waals surface area contributed by atoms with Gasteiger partial charge in [0.25, 0.3) is 11.1 Å². The molecule has 33 heavy (non-hydrogen) atoms. The first-order chi connectivity index (χ1) is 15.7. The van der Waals surface area contributed by atoms with Gasteiger partial charge in [-0.15, -0.1) is 0 Å². The van der Waals surface area contributed by atoms with Crippen LogP contribution in [0.1, 0.15) is 26.3 Å². The second-order valence-electron chi connectivity index (χ2n) is 7.26. The lowest BCUT2D eigenvalue weighted by Gasteiger charge is -2.17. The highest BCUT2D eigenvalue weighted by molar-refractivity contribution is 14.1. The van der Waals surface area contributed by atoms with Crippen molar-refractivity contribution in [1.29, 1.82) is 0 Å². The van der Waals surface area contributed by atoms with Crippen molar-refractivity contribution >= 4 is 63.2 Å². The molecule has 0 saturated carbocycles. The Morgan fingerprint density at radius 1 is 1.27 bits per heavy atom. The maximum absolute atomic E-state index is 13.3. The highest BCUT2D eigenvalue weighted by Crippen LogP contribution is 2.38. The van der Waals surface area contributed by atoms with Gasteiger partial charge in [-0.05, 0) is 97.1 Å². The molecule has 0 unspecified atom stereocenters. The highest BCUT2D eigenvalue weighted by Gasteiger charge is 2.36. The van der Waals surface area contributed by atoms with Crippen LogP contribution in [0.5, 0.6) is 11.5 Å². The van der Waals surface area contributed by atoms with Crippen molar-refractivity contribution in [3.63, 3.8) is 0 Å². The third-order valence-corrected chi connectivity index (χ3v) is 5.98. The van der Waals surface area contributed by atoms with E-state index in [2.05, 4.69) is 27.9 Å². The second kappa shape index (κ2) is 11.0. The fraction of sp³-hybridized carbons (Fsp3) is 0.261. The topological polar surface area (TPSA) is 84.9 Å². The number of ether oxygens (including phenoxy) is 2. The molecule has 1 saturated heterocycles.